The minimum atomic E-state index is -0.544. The van der Waals surface area contributed by atoms with E-state index in [4.69, 9.17) is 9.47 Å². The van der Waals surface area contributed by atoms with Crippen molar-refractivity contribution in [1.82, 2.24) is 14.7 Å². The van der Waals surface area contributed by atoms with Gasteiger partial charge in [-0.3, -0.25) is 0 Å². The minimum absolute atomic E-state index is 0.242. The Morgan fingerprint density at radius 3 is 2.12 bits per heavy atom. The lowest BCUT2D eigenvalue weighted by Gasteiger charge is -2.33. The Hall–Kier alpha value is -2.05. The Bertz CT molecular complexity index is 632. The molecular weight excluding hydrogens is 334 g/mol. The van der Waals surface area contributed by atoms with Gasteiger partial charge in [0.05, 0.1) is 6.20 Å². The molecule has 1 aromatic heterocycles. The molecule has 146 valence electrons. The second kappa shape index (κ2) is 7.68. The minimum Gasteiger partial charge on any atom is -0.444 e. The van der Waals surface area contributed by atoms with Crippen LogP contribution in [0.3, 0.4) is 0 Å². The number of hydrogen-bond donors (Lipinski definition) is 0. The molecular formula is C19H31N3O4. The van der Waals surface area contributed by atoms with Crippen LogP contribution in [0.1, 0.15) is 59.9 Å². The van der Waals surface area contributed by atoms with Gasteiger partial charge in [-0.15, -0.1) is 0 Å². The number of rotatable bonds is 2. The molecule has 1 fully saturated rings. The van der Waals surface area contributed by atoms with E-state index in [1.165, 1.54) is 4.68 Å². The number of carbonyl (C=O) groups excluding carboxylic acids is 2. The van der Waals surface area contributed by atoms with Crippen molar-refractivity contribution < 1.29 is 19.1 Å². The fourth-order valence-electron chi connectivity index (χ4n) is 2.85. The molecule has 0 atom stereocenters. The van der Waals surface area contributed by atoms with Crippen LogP contribution in [0.15, 0.2) is 12.4 Å². The fraction of sp³-hybridized carbons (Fsp3) is 0.737. The lowest BCUT2D eigenvalue weighted by Crippen LogP contribution is -2.42. The maximum Gasteiger partial charge on any atom is 0.435 e. The average Bonchev–Trinajstić information content (AvgIpc) is 2.93. The van der Waals surface area contributed by atoms with E-state index in [0.29, 0.717) is 19.0 Å². The van der Waals surface area contributed by atoms with E-state index in [9.17, 15) is 9.59 Å². The van der Waals surface area contributed by atoms with Gasteiger partial charge in [0.15, 0.2) is 0 Å². The van der Waals surface area contributed by atoms with Gasteiger partial charge in [0.1, 0.15) is 11.2 Å². The number of nitrogens with zero attached hydrogens (tertiary/aromatic N) is 3. The second-order valence-corrected chi connectivity index (χ2v) is 8.89. The maximum atomic E-state index is 12.1. The van der Waals surface area contributed by atoms with E-state index >= 15 is 0 Å². The number of ether oxygens (including phenoxy) is 2. The number of likely N-dealkylation sites (tertiary alicyclic amines) is 1. The van der Waals surface area contributed by atoms with Crippen LogP contribution in [0.25, 0.3) is 0 Å². The van der Waals surface area contributed by atoms with Crippen LogP contribution < -0.4 is 0 Å². The zero-order valence-electron chi connectivity index (χ0n) is 16.7. The lowest BCUT2D eigenvalue weighted by molar-refractivity contribution is 0.0184. The third-order valence-electron chi connectivity index (χ3n) is 4.01. The van der Waals surface area contributed by atoms with Crippen LogP contribution in [-0.4, -0.2) is 51.2 Å². The van der Waals surface area contributed by atoms with Crippen molar-refractivity contribution in [3.05, 3.63) is 18.0 Å². The Labute approximate surface area is 155 Å². The largest absolute Gasteiger partial charge is 0.444 e. The highest BCUT2D eigenvalue weighted by atomic mass is 16.6. The molecule has 2 heterocycles. The molecule has 1 saturated heterocycles. The van der Waals surface area contributed by atoms with Gasteiger partial charge in [0.25, 0.3) is 0 Å². The van der Waals surface area contributed by atoms with Gasteiger partial charge in [-0.05, 0) is 72.3 Å². The lowest BCUT2D eigenvalue weighted by atomic mass is 9.91. The van der Waals surface area contributed by atoms with Gasteiger partial charge in [-0.25, -0.2) is 9.59 Å². The van der Waals surface area contributed by atoms with E-state index in [2.05, 4.69) is 5.10 Å². The van der Waals surface area contributed by atoms with E-state index in [1.807, 2.05) is 41.5 Å². The summed E-state index contributed by atoms with van der Waals surface area (Å²) in [5.41, 5.74) is -0.00595. The Morgan fingerprint density at radius 2 is 1.58 bits per heavy atom. The highest BCUT2D eigenvalue weighted by molar-refractivity contribution is 5.69. The first-order chi connectivity index (χ1) is 11.9. The van der Waals surface area contributed by atoms with E-state index in [-0.39, 0.29) is 6.09 Å². The van der Waals surface area contributed by atoms with Crippen LogP contribution in [0, 0.1) is 5.92 Å². The summed E-state index contributed by atoms with van der Waals surface area (Å²) < 4.78 is 12.0. The van der Waals surface area contributed by atoms with Crippen molar-refractivity contribution in [2.75, 3.05) is 13.1 Å². The van der Waals surface area contributed by atoms with E-state index in [0.717, 1.165) is 24.8 Å². The molecule has 0 aromatic carbocycles. The summed E-state index contributed by atoms with van der Waals surface area (Å²) in [6.07, 6.45) is 5.40. The summed E-state index contributed by atoms with van der Waals surface area (Å²) in [5, 5.41) is 4.11. The zero-order chi connectivity index (χ0) is 19.5. The first-order valence-corrected chi connectivity index (χ1v) is 9.18. The Kier molecular flexibility index (Phi) is 5.98. The molecule has 0 unspecified atom stereocenters. The van der Waals surface area contributed by atoms with E-state index < -0.39 is 17.3 Å². The van der Waals surface area contributed by atoms with Gasteiger partial charge in [0, 0.05) is 19.3 Å². The molecule has 0 saturated carbocycles. The summed E-state index contributed by atoms with van der Waals surface area (Å²) in [7, 11) is 0. The molecule has 0 aliphatic carbocycles. The van der Waals surface area contributed by atoms with Crippen LogP contribution in [0.5, 0.6) is 0 Å². The van der Waals surface area contributed by atoms with Gasteiger partial charge in [-0.2, -0.15) is 9.78 Å². The smallest absolute Gasteiger partial charge is 0.435 e. The molecule has 0 bridgehead atoms. The van der Waals surface area contributed by atoms with Crippen LogP contribution in [-0.2, 0) is 15.9 Å². The summed E-state index contributed by atoms with van der Waals surface area (Å²) in [5.74, 6) is 0.463. The van der Waals surface area contributed by atoms with Crippen molar-refractivity contribution in [1.29, 1.82) is 0 Å². The molecule has 0 spiro atoms. The van der Waals surface area contributed by atoms with Crippen LogP contribution >= 0.6 is 0 Å². The van der Waals surface area contributed by atoms with Gasteiger partial charge in [0.2, 0.25) is 0 Å². The number of amides is 1. The predicted molar refractivity (Wildman–Crippen MR) is 98.1 cm³/mol. The summed E-state index contributed by atoms with van der Waals surface area (Å²) in [4.78, 5) is 25.9. The molecule has 1 aromatic rings. The third kappa shape index (κ3) is 6.35. The molecule has 1 aliphatic rings. The van der Waals surface area contributed by atoms with Crippen molar-refractivity contribution >= 4 is 12.2 Å². The van der Waals surface area contributed by atoms with Crippen LogP contribution in [0.2, 0.25) is 0 Å². The monoisotopic (exact) mass is 365 g/mol. The molecule has 1 aliphatic heterocycles. The Morgan fingerprint density at radius 1 is 1.04 bits per heavy atom. The molecule has 26 heavy (non-hydrogen) atoms. The highest BCUT2D eigenvalue weighted by Crippen LogP contribution is 2.23. The van der Waals surface area contributed by atoms with Gasteiger partial charge in [-0.1, -0.05) is 0 Å². The number of hydrogen-bond acceptors (Lipinski definition) is 5. The zero-order valence-corrected chi connectivity index (χ0v) is 16.7. The molecule has 0 radical (unpaired) electrons. The van der Waals surface area contributed by atoms with Crippen molar-refractivity contribution in [2.45, 2.75) is 72.0 Å². The average molecular weight is 365 g/mol. The summed E-state index contributed by atoms with van der Waals surface area (Å²) in [6, 6.07) is 0. The SMILES string of the molecule is CC(C)(C)OC(=O)N1CCC(Cc2cnn(C(=O)OC(C)(C)C)c2)CC1. The molecule has 1 amide bonds. The quantitative estimate of drug-likeness (QED) is 0.796. The standard InChI is InChI=1S/C19H31N3O4/c1-18(2,3)25-16(23)21-9-7-14(8-10-21)11-15-12-20-22(13-15)17(24)26-19(4,5)6/h12-14H,7-11H2,1-6H3. The first kappa shape index (κ1) is 20.3. The molecule has 7 nitrogen and oxygen atoms in total. The number of piperidine rings is 1. The summed E-state index contributed by atoms with van der Waals surface area (Å²) >= 11 is 0. The molecule has 0 N–H and O–H groups in total. The Balaban J connectivity index is 1.83. The fourth-order valence-corrected chi connectivity index (χ4v) is 2.85. The van der Waals surface area contributed by atoms with Gasteiger partial charge >= 0.3 is 12.2 Å². The predicted octanol–water partition coefficient (Wildman–Crippen LogP) is 3.86. The number of carbonyl (C=O) groups is 2. The van der Waals surface area contributed by atoms with Crippen molar-refractivity contribution in [3.63, 3.8) is 0 Å². The first-order valence-electron chi connectivity index (χ1n) is 9.18. The van der Waals surface area contributed by atoms with Crippen LogP contribution in [0.4, 0.5) is 9.59 Å². The highest BCUT2D eigenvalue weighted by Gasteiger charge is 2.27. The number of aromatic nitrogens is 2. The van der Waals surface area contributed by atoms with Crippen molar-refractivity contribution in [2.24, 2.45) is 5.92 Å². The third-order valence-corrected chi connectivity index (χ3v) is 4.01. The normalized spacial score (nSPS) is 16.5. The maximum absolute atomic E-state index is 12.1. The molecule has 2 rings (SSSR count). The van der Waals surface area contributed by atoms with E-state index in [1.54, 1.807) is 17.3 Å². The van der Waals surface area contributed by atoms with Crippen molar-refractivity contribution in [3.8, 4) is 0 Å². The summed E-state index contributed by atoms with van der Waals surface area (Å²) in [6.45, 7) is 12.5. The second-order valence-electron chi connectivity index (χ2n) is 8.89. The topological polar surface area (TPSA) is 73.7 Å². The van der Waals surface area contributed by atoms with Gasteiger partial charge < -0.3 is 14.4 Å². The molecule has 7 heteroatoms.